The molecule has 65 heavy (non-hydrogen) atoms. The maximum absolute atomic E-state index is 11.2. The van der Waals surface area contributed by atoms with Gasteiger partial charge in [0.15, 0.2) is 0 Å². The van der Waals surface area contributed by atoms with Crippen molar-refractivity contribution >= 4 is 0 Å². The van der Waals surface area contributed by atoms with E-state index in [4.69, 9.17) is 37.9 Å². The van der Waals surface area contributed by atoms with Crippen LogP contribution < -0.4 is 0 Å². The number of epoxide rings is 1. The van der Waals surface area contributed by atoms with Gasteiger partial charge in [-0.25, -0.2) is 0 Å². The van der Waals surface area contributed by atoms with Crippen molar-refractivity contribution in [2.45, 2.75) is 101 Å². The van der Waals surface area contributed by atoms with Crippen LogP contribution in [0.4, 0.5) is 0 Å². The second kappa shape index (κ2) is 22.9. The summed E-state index contributed by atoms with van der Waals surface area (Å²) in [5.41, 5.74) is 6.29. The number of hydrogen-bond acceptors (Lipinski definition) is 9. The molecular weight excluding hydrogens is 817 g/mol. The summed E-state index contributed by atoms with van der Waals surface area (Å²) >= 11 is 0. The lowest BCUT2D eigenvalue weighted by molar-refractivity contribution is -0.262. The van der Waals surface area contributed by atoms with Gasteiger partial charge in [0.25, 0.3) is 0 Å². The van der Waals surface area contributed by atoms with E-state index < -0.39 is 42.7 Å². The number of aliphatic hydroxyl groups is 1. The first kappa shape index (κ1) is 45.1. The van der Waals surface area contributed by atoms with Crippen LogP contribution in [-0.2, 0) is 77.5 Å². The molecule has 1 N–H and O–H groups in total. The molecule has 0 radical (unpaired) electrons. The standard InChI is InChI=1S/C56H60O9/c57-32-47-50(54(62-37-44-27-15-5-16-28-44)55(56-51(47)65-56)63-38-45-29-17-6-18-30-45)64-48-31-46(39-58-33-40-19-7-1-8-20-40)49(59-34-41-21-9-2-10-22-41)53(61-36-43-25-13-4-14-26-43)52(48)60-35-42-23-11-3-12-24-42/h1-30,46-57H,31-39H2. The summed E-state index contributed by atoms with van der Waals surface area (Å²) in [5.74, 6) is -0.546. The van der Waals surface area contributed by atoms with E-state index in [-0.39, 0.29) is 30.7 Å². The number of benzene rings is 6. The van der Waals surface area contributed by atoms with Crippen LogP contribution in [0.5, 0.6) is 0 Å². The van der Waals surface area contributed by atoms with Gasteiger partial charge in [0.1, 0.15) is 30.5 Å². The maximum Gasteiger partial charge on any atom is 0.115 e. The molecule has 11 atom stereocenters. The third-order valence-electron chi connectivity index (χ3n) is 12.8. The van der Waals surface area contributed by atoms with E-state index in [2.05, 4.69) is 72.8 Å². The average molecular weight is 877 g/mol. The molecule has 9 heteroatoms. The van der Waals surface area contributed by atoms with Crippen LogP contribution in [0.2, 0.25) is 0 Å². The minimum Gasteiger partial charge on any atom is -0.396 e. The lowest BCUT2D eigenvalue weighted by atomic mass is 9.79. The van der Waals surface area contributed by atoms with Gasteiger partial charge in [-0.3, -0.25) is 0 Å². The molecule has 0 aromatic heterocycles. The maximum atomic E-state index is 11.2. The van der Waals surface area contributed by atoms with E-state index in [1.54, 1.807) is 0 Å². The first-order valence-corrected chi connectivity index (χ1v) is 23.0. The number of ether oxygens (including phenoxy) is 8. The van der Waals surface area contributed by atoms with Crippen molar-refractivity contribution in [3.63, 3.8) is 0 Å². The topological polar surface area (TPSA) is 97.4 Å². The molecular formula is C56H60O9. The van der Waals surface area contributed by atoms with Gasteiger partial charge in [0, 0.05) is 11.8 Å². The molecule has 1 aliphatic heterocycles. The number of aliphatic hydroxyl groups excluding tert-OH is 1. The van der Waals surface area contributed by atoms with E-state index in [1.807, 2.05) is 109 Å². The van der Waals surface area contributed by atoms with Crippen LogP contribution in [-0.4, -0.2) is 73.3 Å². The molecule has 338 valence electrons. The monoisotopic (exact) mass is 876 g/mol. The second-order valence-electron chi connectivity index (χ2n) is 17.4. The zero-order valence-electron chi connectivity index (χ0n) is 36.7. The summed E-state index contributed by atoms with van der Waals surface area (Å²) in [4.78, 5) is 0. The molecule has 9 nitrogen and oxygen atoms in total. The van der Waals surface area contributed by atoms with Crippen molar-refractivity contribution in [1.29, 1.82) is 0 Å². The molecule has 2 saturated carbocycles. The molecule has 0 spiro atoms. The van der Waals surface area contributed by atoms with Gasteiger partial charge in [-0.05, 0) is 39.8 Å². The van der Waals surface area contributed by atoms with Crippen molar-refractivity contribution < 1.29 is 43.0 Å². The van der Waals surface area contributed by atoms with E-state index in [0.717, 1.165) is 33.4 Å². The van der Waals surface area contributed by atoms with Gasteiger partial charge >= 0.3 is 0 Å². The second-order valence-corrected chi connectivity index (χ2v) is 17.4. The van der Waals surface area contributed by atoms with Crippen LogP contribution in [0.3, 0.4) is 0 Å². The highest BCUT2D eigenvalue weighted by atomic mass is 16.6. The van der Waals surface area contributed by atoms with Crippen molar-refractivity contribution in [3.05, 3.63) is 215 Å². The fourth-order valence-corrected chi connectivity index (χ4v) is 9.40. The van der Waals surface area contributed by atoms with E-state index in [1.165, 1.54) is 0 Å². The molecule has 3 aliphatic rings. The Morgan fingerprint density at radius 3 is 1.15 bits per heavy atom. The fraction of sp³-hybridized carbons (Fsp3) is 0.357. The van der Waals surface area contributed by atoms with E-state index in [0.29, 0.717) is 52.7 Å². The fourth-order valence-electron chi connectivity index (χ4n) is 9.40. The van der Waals surface area contributed by atoms with Gasteiger partial charge in [-0.2, -0.15) is 0 Å². The van der Waals surface area contributed by atoms with Crippen LogP contribution >= 0.6 is 0 Å². The number of rotatable bonds is 22. The Bertz CT molecular complexity index is 2250. The lowest BCUT2D eigenvalue weighted by Gasteiger charge is -2.49. The predicted molar refractivity (Wildman–Crippen MR) is 247 cm³/mol. The first-order chi connectivity index (χ1) is 32.2. The molecule has 6 aromatic carbocycles. The molecule has 9 rings (SSSR count). The van der Waals surface area contributed by atoms with Gasteiger partial charge in [-0.15, -0.1) is 0 Å². The molecule has 6 aromatic rings. The van der Waals surface area contributed by atoms with E-state index >= 15 is 0 Å². The van der Waals surface area contributed by atoms with E-state index in [9.17, 15) is 5.11 Å². The summed E-state index contributed by atoms with van der Waals surface area (Å²) < 4.78 is 55.4. The zero-order valence-corrected chi connectivity index (χ0v) is 36.7. The summed E-state index contributed by atoms with van der Waals surface area (Å²) in [5, 5.41) is 11.2. The zero-order chi connectivity index (χ0) is 44.0. The SMILES string of the molecule is OCC1C(OC2CC(COCc3ccccc3)C(OCc3ccccc3)C(OCc3ccccc3)C2OCc2ccccc2)C(OCc2ccccc2)C(OCc2ccccc2)C2OC12. The highest BCUT2D eigenvalue weighted by Crippen LogP contribution is 2.47. The predicted octanol–water partition coefficient (Wildman–Crippen LogP) is 9.29. The van der Waals surface area contributed by atoms with Gasteiger partial charge < -0.3 is 43.0 Å². The van der Waals surface area contributed by atoms with Crippen molar-refractivity contribution in [2.24, 2.45) is 11.8 Å². The number of fused-ring (bicyclic) bond motifs is 1. The van der Waals surface area contributed by atoms with Crippen molar-refractivity contribution in [2.75, 3.05) is 13.2 Å². The summed E-state index contributed by atoms with van der Waals surface area (Å²) in [6, 6.07) is 61.1. The summed E-state index contributed by atoms with van der Waals surface area (Å²) in [6.07, 6.45) is -3.78. The summed E-state index contributed by atoms with van der Waals surface area (Å²) in [7, 11) is 0. The first-order valence-electron chi connectivity index (χ1n) is 23.0. The summed E-state index contributed by atoms with van der Waals surface area (Å²) in [6.45, 7) is 2.45. The minimum atomic E-state index is -0.622. The quantitative estimate of drug-likeness (QED) is 0.0670. The van der Waals surface area contributed by atoms with Crippen LogP contribution in [0.25, 0.3) is 0 Å². The number of hydrogen-bond donors (Lipinski definition) is 1. The smallest absolute Gasteiger partial charge is 0.115 e. The third-order valence-corrected chi connectivity index (χ3v) is 12.8. The highest BCUT2D eigenvalue weighted by molar-refractivity contribution is 5.19. The Morgan fingerprint density at radius 2 is 0.738 bits per heavy atom. The Kier molecular flexibility index (Phi) is 15.9. The van der Waals surface area contributed by atoms with Crippen molar-refractivity contribution in [1.82, 2.24) is 0 Å². The Hall–Kier alpha value is -5.04. The van der Waals surface area contributed by atoms with Crippen LogP contribution in [0.15, 0.2) is 182 Å². The minimum absolute atomic E-state index is 0.148. The van der Waals surface area contributed by atoms with Gasteiger partial charge in [0.05, 0.1) is 77.3 Å². The normalized spacial score (nSPS) is 27.2. The average Bonchev–Trinajstić information content (AvgIpc) is 4.16. The Balaban J connectivity index is 1.07. The van der Waals surface area contributed by atoms with Gasteiger partial charge in [0.2, 0.25) is 0 Å². The van der Waals surface area contributed by atoms with Gasteiger partial charge in [-0.1, -0.05) is 182 Å². The molecule has 0 bridgehead atoms. The molecule has 11 unspecified atom stereocenters. The largest absolute Gasteiger partial charge is 0.396 e. The van der Waals surface area contributed by atoms with Crippen LogP contribution in [0.1, 0.15) is 39.8 Å². The molecule has 2 aliphatic carbocycles. The molecule has 0 amide bonds. The highest BCUT2D eigenvalue weighted by Gasteiger charge is 2.63. The molecule has 1 heterocycles. The van der Waals surface area contributed by atoms with Crippen molar-refractivity contribution in [3.8, 4) is 0 Å². The van der Waals surface area contributed by atoms with Crippen LogP contribution in [0, 0.1) is 11.8 Å². The third kappa shape index (κ3) is 12.1. The Labute approximate surface area is 383 Å². The molecule has 3 fully saturated rings. The molecule has 1 saturated heterocycles. The lowest BCUT2D eigenvalue weighted by Crippen LogP contribution is -2.62. The Morgan fingerprint density at radius 1 is 0.385 bits per heavy atom.